The predicted molar refractivity (Wildman–Crippen MR) is 96.3 cm³/mol. The number of nitrogens with zero attached hydrogens (tertiary/aromatic N) is 2. The minimum Gasteiger partial charge on any atom is -0.372 e. The molecule has 2 atom stereocenters. The Morgan fingerprint density at radius 3 is 3.12 bits per heavy atom. The molecule has 0 unspecified atom stereocenters. The van der Waals surface area contributed by atoms with Crippen LogP contribution in [0.3, 0.4) is 0 Å². The van der Waals surface area contributed by atoms with E-state index in [1.54, 1.807) is 6.33 Å². The third-order valence-electron chi connectivity index (χ3n) is 4.88. The Bertz CT molecular complexity index is 930. The molecule has 1 saturated heterocycles. The van der Waals surface area contributed by atoms with Crippen LogP contribution >= 0.6 is 0 Å². The van der Waals surface area contributed by atoms with Crippen LogP contribution in [0.15, 0.2) is 47.7 Å². The van der Waals surface area contributed by atoms with E-state index < -0.39 is 0 Å². The zero-order chi connectivity index (χ0) is 17.2. The van der Waals surface area contributed by atoms with Crippen molar-refractivity contribution in [2.45, 2.75) is 31.5 Å². The Balaban J connectivity index is 1.45. The number of fused-ring (bicyclic) bond motifs is 1. The maximum Gasteiger partial charge on any atom is 0.252 e. The molecule has 6 nitrogen and oxygen atoms in total. The van der Waals surface area contributed by atoms with Gasteiger partial charge in [-0.1, -0.05) is 18.2 Å². The molecule has 25 heavy (non-hydrogen) atoms. The van der Waals surface area contributed by atoms with E-state index in [1.807, 2.05) is 48.1 Å². The van der Waals surface area contributed by atoms with Gasteiger partial charge in [0.25, 0.3) is 5.56 Å². The van der Waals surface area contributed by atoms with Gasteiger partial charge in [-0.2, -0.15) is 0 Å². The number of para-hydroxylation sites is 1. The molecule has 0 spiro atoms. The Hall–Kier alpha value is -2.44. The number of nitrogens with one attached hydrogen (secondary N) is 2. The number of hydrogen-bond acceptors (Lipinski definition) is 4. The minimum atomic E-state index is -0.0264. The van der Waals surface area contributed by atoms with Crippen molar-refractivity contribution in [1.82, 2.24) is 19.9 Å². The highest BCUT2D eigenvalue weighted by atomic mass is 16.5. The molecular formula is C19H22N4O2. The Labute approximate surface area is 145 Å². The van der Waals surface area contributed by atoms with E-state index in [0.29, 0.717) is 19.2 Å². The summed E-state index contributed by atoms with van der Waals surface area (Å²) in [6, 6.07) is 10.1. The highest BCUT2D eigenvalue weighted by Crippen LogP contribution is 2.27. The van der Waals surface area contributed by atoms with Crippen LogP contribution in [0.5, 0.6) is 0 Å². The SMILES string of the molecule is Cn1cncc1[C@H]1C[C@@H](NCc2cc3ccccc3[nH]c2=O)CCO1. The molecule has 0 radical (unpaired) electrons. The molecule has 0 saturated carbocycles. The topological polar surface area (TPSA) is 71.9 Å². The Kier molecular flexibility index (Phi) is 4.38. The quantitative estimate of drug-likeness (QED) is 0.765. The molecule has 4 rings (SSSR count). The van der Waals surface area contributed by atoms with Crippen LogP contribution in [-0.4, -0.2) is 27.2 Å². The molecule has 1 aromatic carbocycles. The molecule has 1 aliphatic rings. The molecule has 2 aromatic heterocycles. The fourth-order valence-corrected chi connectivity index (χ4v) is 3.44. The first kappa shape index (κ1) is 16.1. The fraction of sp³-hybridized carbons (Fsp3) is 0.368. The molecule has 2 N–H and O–H groups in total. The molecule has 1 fully saturated rings. The summed E-state index contributed by atoms with van der Waals surface area (Å²) in [5.41, 5.74) is 2.71. The third kappa shape index (κ3) is 3.36. The van der Waals surface area contributed by atoms with Gasteiger partial charge in [-0.05, 0) is 30.4 Å². The Morgan fingerprint density at radius 2 is 2.28 bits per heavy atom. The van der Waals surface area contributed by atoms with Crippen LogP contribution in [0.4, 0.5) is 0 Å². The van der Waals surface area contributed by atoms with Crippen LogP contribution < -0.4 is 10.9 Å². The lowest BCUT2D eigenvalue weighted by molar-refractivity contribution is -0.00405. The number of H-pyrrole nitrogens is 1. The number of imidazole rings is 1. The Morgan fingerprint density at radius 1 is 1.40 bits per heavy atom. The van der Waals surface area contributed by atoms with Crippen molar-refractivity contribution < 1.29 is 4.74 Å². The van der Waals surface area contributed by atoms with Gasteiger partial charge in [-0.3, -0.25) is 4.79 Å². The van der Waals surface area contributed by atoms with Gasteiger partial charge >= 0.3 is 0 Å². The van der Waals surface area contributed by atoms with Gasteiger partial charge in [0, 0.05) is 37.3 Å². The van der Waals surface area contributed by atoms with E-state index in [2.05, 4.69) is 15.3 Å². The van der Waals surface area contributed by atoms with Crippen molar-refractivity contribution >= 4 is 10.9 Å². The second-order valence-electron chi connectivity index (χ2n) is 6.60. The number of hydrogen-bond donors (Lipinski definition) is 2. The molecule has 3 aromatic rings. The summed E-state index contributed by atoms with van der Waals surface area (Å²) in [5, 5.41) is 4.58. The average molecular weight is 338 g/mol. The lowest BCUT2D eigenvalue weighted by Crippen LogP contribution is -2.37. The highest BCUT2D eigenvalue weighted by Gasteiger charge is 2.25. The monoisotopic (exact) mass is 338 g/mol. The van der Waals surface area contributed by atoms with E-state index in [-0.39, 0.29) is 11.7 Å². The van der Waals surface area contributed by atoms with Crippen LogP contribution in [-0.2, 0) is 18.3 Å². The number of benzene rings is 1. The predicted octanol–water partition coefficient (Wildman–Crippen LogP) is 2.27. The number of ether oxygens (including phenoxy) is 1. The molecule has 130 valence electrons. The largest absolute Gasteiger partial charge is 0.372 e. The summed E-state index contributed by atoms with van der Waals surface area (Å²) < 4.78 is 7.90. The standard InChI is InChI=1S/C19H22N4O2/c1-23-12-20-11-17(23)18-9-15(6-7-25-18)21-10-14-8-13-4-2-3-5-16(13)22-19(14)24/h2-5,8,11-12,15,18,21H,6-7,9-10H2,1H3,(H,22,24)/t15-,18+/m0/s1. The first-order valence-electron chi connectivity index (χ1n) is 8.63. The van der Waals surface area contributed by atoms with Gasteiger partial charge in [0.05, 0.1) is 18.2 Å². The van der Waals surface area contributed by atoms with Crippen molar-refractivity contribution in [2.24, 2.45) is 7.05 Å². The zero-order valence-corrected chi connectivity index (χ0v) is 14.2. The van der Waals surface area contributed by atoms with Crippen LogP contribution in [0, 0.1) is 0 Å². The van der Waals surface area contributed by atoms with E-state index in [4.69, 9.17) is 4.74 Å². The zero-order valence-electron chi connectivity index (χ0n) is 14.2. The van der Waals surface area contributed by atoms with Crippen molar-refractivity contribution in [3.63, 3.8) is 0 Å². The van der Waals surface area contributed by atoms with E-state index in [0.717, 1.165) is 35.0 Å². The number of aromatic amines is 1. The molecule has 0 amide bonds. The highest BCUT2D eigenvalue weighted by molar-refractivity contribution is 5.78. The number of pyridine rings is 1. The van der Waals surface area contributed by atoms with E-state index in [1.165, 1.54) is 0 Å². The van der Waals surface area contributed by atoms with Gasteiger partial charge in [0.2, 0.25) is 0 Å². The van der Waals surface area contributed by atoms with Crippen LogP contribution in [0.1, 0.15) is 30.2 Å². The summed E-state index contributed by atoms with van der Waals surface area (Å²) in [6.45, 7) is 1.27. The average Bonchev–Trinajstić information content (AvgIpc) is 3.06. The minimum absolute atomic E-state index is 0.0264. The molecule has 0 aliphatic carbocycles. The fourth-order valence-electron chi connectivity index (χ4n) is 3.44. The van der Waals surface area contributed by atoms with E-state index in [9.17, 15) is 4.79 Å². The number of aryl methyl sites for hydroxylation is 1. The lowest BCUT2D eigenvalue weighted by Gasteiger charge is -2.30. The number of aromatic nitrogens is 3. The van der Waals surface area contributed by atoms with Crippen LogP contribution in [0.25, 0.3) is 10.9 Å². The molecule has 3 heterocycles. The summed E-state index contributed by atoms with van der Waals surface area (Å²) in [4.78, 5) is 19.4. The maximum atomic E-state index is 12.3. The van der Waals surface area contributed by atoms with Crippen LogP contribution in [0.2, 0.25) is 0 Å². The maximum absolute atomic E-state index is 12.3. The van der Waals surface area contributed by atoms with Gasteiger partial charge in [0.1, 0.15) is 6.10 Å². The van der Waals surface area contributed by atoms with Crippen molar-refractivity contribution in [3.05, 3.63) is 64.5 Å². The summed E-state index contributed by atoms with van der Waals surface area (Å²) >= 11 is 0. The second kappa shape index (κ2) is 6.82. The van der Waals surface area contributed by atoms with Gasteiger partial charge in [-0.15, -0.1) is 0 Å². The first-order valence-corrected chi connectivity index (χ1v) is 8.63. The third-order valence-corrected chi connectivity index (χ3v) is 4.88. The van der Waals surface area contributed by atoms with Crippen molar-refractivity contribution in [2.75, 3.05) is 6.61 Å². The first-order chi connectivity index (χ1) is 12.2. The molecule has 1 aliphatic heterocycles. The van der Waals surface area contributed by atoms with Crippen molar-refractivity contribution in [3.8, 4) is 0 Å². The van der Waals surface area contributed by atoms with Gasteiger partial charge in [0.15, 0.2) is 0 Å². The summed E-state index contributed by atoms with van der Waals surface area (Å²) in [5.74, 6) is 0. The summed E-state index contributed by atoms with van der Waals surface area (Å²) in [6.07, 6.45) is 5.53. The van der Waals surface area contributed by atoms with Gasteiger partial charge < -0.3 is 19.6 Å². The summed E-state index contributed by atoms with van der Waals surface area (Å²) in [7, 11) is 1.98. The second-order valence-corrected chi connectivity index (χ2v) is 6.60. The molecule has 0 bridgehead atoms. The van der Waals surface area contributed by atoms with E-state index >= 15 is 0 Å². The lowest BCUT2D eigenvalue weighted by atomic mass is 10.0. The smallest absolute Gasteiger partial charge is 0.252 e. The number of rotatable bonds is 4. The molecule has 6 heteroatoms. The normalized spacial score (nSPS) is 20.8. The van der Waals surface area contributed by atoms with Gasteiger partial charge in [-0.25, -0.2) is 4.98 Å². The van der Waals surface area contributed by atoms with Crippen molar-refractivity contribution in [1.29, 1.82) is 0 Å². The molecular weight excluding hydrogens is 316 g/mol.